The molecule has 0 saturated carbocycles. The molecular weight excluding hydrogens is 386 g/mol. The highest BCUT2D eigenvalue weighted by Gasteiger charge is 2.22. The number of aryl methyl sites for hydroxylation is 2. The normalized spacial score (nSPS) is 10.9. The molecule has 10 heteroatoms. The molecule has 0 radical (unpaired) electrons. The average Bonchev–Trinajstić information content (AvgIpc) is 2.55. The summed E-state index contributed by atoms with van der Waals surface area (Å²) in [5, 5.41) is 15.6. The van der Waals surface area contributed by atoms with Crippen LogP contribution < -0.4 is 10.6 Å². The minimum atomic E-state index is -4.03. The van der Waals surface area contributed by atoms with Crippen LogP contribution in [0.4, 0.5) is 17.1 Å². The third-order valence-corrected chi connectivity index (χ3v) is 5.11. The number of benzene rings is 2. The van der Waals surface area contributed by atoms with Crippen molar-refractivity contribution in [2.24, 2.45) is 0 Å². The lowest BCUT2D eigenvalue weighted by Gasteiger charge is -2.09. The number of rotatable bonds is 7. The molecule has 0 fully saturated rings. The Hall–Kier alpha value is -3.27. The summed E-state index contributed by atoms with van der Waals surface area (Å²) >= 11 is 0. The Labute approximate surface area is 161 Å². The van der Waals surface area contributed by atoms with E-state index in [0.717, 1.165) is 11.6 Å². The number of carbonyl (C=O) groups excluding carboxylic acids is 2. The zero-order valence-corrected chi connectivity index (χ0v) is 16.1. The highest BCUT2D eigenvalue weighted by Crippen LogP contribution is 2.21. The molecule has 0 aliphatic heterocycles. The Balaban J connectivity index is 1.99. The van der Waals surface area contributed by atoms with Crippen molar-refractivity contribution in [1.82, 2.24) is 0 Å². The van der Waals surface area contributed by atoms with Gasteiger partial charge in [0.1, 0.15) is 11.5 Å². The first-order valence-electron chi connectivity index (χ1n) is 8.17. The molecule has 0 heterocycles. The minimum absolute atomic E-state index is 0.138. The van der Waals surface area contributed by atoms with Crippen molar-refractivity contribution in [3.05, 3.63) is 63.7 Å². The Morgan fingerprint density at radius 1 is 1.00 bits per heavy atom. The number of sulfone groups is 1. The number of amides is 2. The number of nitrogens with zero attached hydrogens (tertiary/aromatic N) is 1. The van der Waals surface area contributed by atoms with Gasteiger partial charge in [0, 0.05) is 17.8 Å². The highest BCUT2D eigenvalue weighted by molar-refractivity contribution is 7.92. The number of hydrogen-bond acceptors (Lipinski definition) is 6. The Bertz CT molecular complexity index is 1030. The van der Waals surface area contributed by atoms with Crippen LogP contribution in [0.5, 0.6) is 0 Å². The van der Waals surface area contributed by atoms with Gasteiger partial charge in [-0.05, 0) is 37.1 Å². The van der Waals surface area contributed by atoms with E-state index in [0.29, 0.717) is 11.3 Å². The monoisotopic (exact) mass is 405 g/mol. The molecule has 0 unspecified atom stereocenters. The maximum absolute atomic E-state index is 12.1. The molecule has 28 heavy (non-hydrogen) atoms. The summed E-state index contributed by atoms with van der Waals surface area (Å²) in [6, 6.07) is 10.7. The van der Waals surface area contributed by atoms with Crippen molar-refractivity contribution in [3.8, 4) is 0 Å². The topological polar surface area (TPSA) is 135 Å². The van der Waals surface area contributed by atoms with Gasteiger partial charge < -0.3 is 10.6 Å². The van der Waals surface area contributed by atoms with E-state index in [9.17, 15) is 28.1 Å². The molecule has 0 atom stereocenters. The van der Waals surface area contributed by atoms with Crippen LogP contribution in [-0.2, 0) is 19.4 Å². The lowest BCUT2D eigenvalue weighted by Crippen LogP contribution is -2.30. The van der Waals surface area contributed by atoms with E-state index in [1.54, 1.807) is 25.1 Å². The SMILES string of the molecule is Cc1cccc(NC(=O)CS(=O)(=O)CC(=O)Nc2cc([N+](=O)[O-])ccc2C)c1. The number of non-ortho nitro benzene ring substituents is 1. The second kappa shape index (κ2) is 8.61. The number of nitro groups is 1. The summed E-state index contributed by atoms with van der Waals surface area (Å²) in [4.78, 5) is 34.2. The van der Waals surface area contributed by atoms with E-state index in [4.69, 9.17) is 0 Å². The van der Waals surface area contributed by atoms with Gasteiger partial charge in [-0.15, -0.1) is 0 Å². The summed E-state index contributed by atoms with van der Waals surface area (Å²) in [5.74, 6) is -3.42. The van der Waals surface area contributed by atoms with E-state index in [-0.39, 0.29) is 11.4 Å². The summed E-state index contributed by atoms with van der Waals surface area (Å²) in [6.07, 6.45) is 0. The maximum Gasteiger partial charge on any atom is 0.271 e. The van der Waals surface area contributed by atoms with Crippen molar-refractivity contribution >= 4 is 38.7 Å². The van der Waals surface area contributed by atoms with Crippen LogP contribution in [0.2, 0.25) is 0 Å². The number of carbonyl (C=O) groups is 2. The second-order valence-electron chi connectivity index (χ2n) is 6.25. The number of nitro benzene ring substituents is 1. The molecule has 2 rings (SSSR count). The number of hydrogen-bond donors (Lipinski definition) is 2. The standard InChI is InChI=1S/C18H19N3O6S/c1-12-4-3-5-14(8-12)19-17(22)10-28(26,27)11-18(23)20-16-9-15(21(24)25)7-6-13(16)2/h3-9H,10-11H2,1-2H3,(H,19,22)(H,20,23). The predicted molar refractivity (Wildman–Crippen MR) is 105 cm³/mol. The molecular formula is C18H19N3O6S. The third-order valence-electron chi connectivity index (χ3n) is 3.71. The van der Waals surface area contributed by atoms with E-state index in [2.05, 4.69) is 10.6 Å². The first-order chi connectivity index (χ1) is 13.1. The van der Waals surface area contributed by atoms with Gasteiger partial charge in [-0.3, -0.25) is 19.7 Å². The molecule has 0 spiro atoms. The van der Waals surface area contributed by atoms with Crippen LogP contribution in [0.1, 0.15) is 11.1 Å². The van der Waals surface area contributed by atoms with Gasteiger partial charge in [0.05, 0.1) is 10.6 Å². The number of anilines is 2. The van der Waals surface area contributed by atoms with Crippen LogP contribution >= 0.6 is 0 Å². The van der Waals surface area contributed by atoms with Gasteiger partial charge in [0.15, 0.2) is 9.84 Å². The average molecular weight is 405 g/mol. The summed E-state index contributed by atoms with van der Waals surface area (Å²) in [7, 11) is -4.03. The van der Waals surface area contributed by atoms with Crippen LogP contribution in [-0.4, -0.2) is 36.7 Å². The summed E-state index contributed by atoms with van der Waals surface area (Å²) in [6.45, 7) is 3.44. The fourth-order valence-corrected chi connectivity index (χ4v) is 3.46. The van der Waals surface area contributed by atoms with E-state index in [1.807, 2.05) is 13.0 Å². The Morgan fingerprint density at radius 3 is 2.25 bits per heavy atom. The van der Waals surface area contributed by atoms with Crippen molar-refractivity contribution in [2.75, 3.05) is 22.1 Å². The van der Waals surface area contributed by atoms with Gasteiger partial charge in [0.2, 0.25) is 11.8 Å². The van der Waals surface area contributed by atoms with Crippen molar-refractivity contribution < 1.29 is 22.9 Å². The maximum atomic E-state index is 12.1. The fourth-order valence-electron chi connectivity index (χ4n) is 2.41. The Kier molecular flexibility index (Phi) is 6.47. The lowest BCUT2D eigenvalue weighted by atomic mass is 10.2. The minimum Gasteiger partial charge on any atom is -0.325 e. The van der Waals surface area contributed by atoms with E-state index in [1.165, 1.54) is 12.1 Å². The first-order valence-corrected chi connectivity index (χ1v) is 10.00. The predicted octanol–water partition coefficient (Wildman–Crippen LogP) is 2.20. The molecule has 0 aliphatic rings. The molecule has 148 valence electrons. The van der Waals surface area contributed by atoms with Gasteiger partial charge in [-0.2, -0.15) is 0 Å². The van der Waals surface area contributed by atoms with Crippen LogP contribution in [0.25, 0.3) is 0 Å². The lowest BCUT2D eigenvalue weighted by molar-refractivity contribution is -0.384. The summed E-state index contributed by atoms with van der Waals surface area (Å²) in [5.41, 5.74) is 1.79. The van der Waals surface area contributed by atoms with Crippen molar-refractivity contribution in [2.45, 2.75) is 13.8 Å². The largest absolute Gasteiger partial charge is 0.325 e. The van der Waals surface area contributed by atoms with Crippen molar-refractivity contribution in [1.29, 1.82) is 0 Å². The molecule has 2 N–H and O–H groups in total. The van der Waals surface area contributed by atoms with Gasteiger partial charge in [0.25, 0.3) is 5.69 Å². The second-order valence-corrected chi connectivity index (χ2v) is 8.32. The molecule has 0 aliphatic carbocycles. The molecule has 9 nitrogen and oxygen atoms in total. The van der Waals surface area contributed by atoms with Gasteiger partial charge in [-0.25, -0.2) is 8.42 Å². The van der Waals surface area contributed by atoms with Gasteiger partial charge >= 0.3 is 0 Å². The molecule has 2 amide bonds. The number of nitrogens with one attached hydrogen (secondary N) is 2. The highest BCUT2D eigenvalue weighted by atomic mass is 32.2. The van der Waals surface area contributed by atoms with Gasteiger partial charge in [-0.1, -0.05) is 18.2 Å². The smallest absolute Gasteiger partial charge is 0.271 e. The molecule has 0 bridgehead atoms. The summed E-state index contributed by atoms with van der Waals surface area (Å²) < 4.78 is 24.3. The van der Waals surface area contributed by atoms with Crippen LogP contribution in [0, 0.1) is 24.0 Å². The quantitative estimate of drug-likeness (QED) is 0.535. The molecule has 2 aromatic carbocycles. The Morgan fingerprint density at radius 2 is 1.64 bits per heavy atom. The molecule has 2 aromatic rings. The first kappa shape index (κ1) is 21.0. The molecule has 0 saturated heterocycles. The van der Waals surface area contributed by atoms with E-state index < -0.39 is 38.1 Å². The third kappa shape index (κ3) is 6.16. The fraction of sp³-hybridized carbons (Fsp3) is 0.222. The molecule has 0 aromatic heterocycles. The van der Waals surface area contributed by atoms with Crippen LogP contribution in [0.15, 0.2) is 42.5 Å². The van der Waals surface area contributed by atoms with E-state index >= 15 is 0 Å². The zero-order valence-electron chi connectivity index (χ0n) is 15.3. The van der Waals surface area contributed by atoms with Crippen molar-refractivity contribution in [3.63, 3.8) is 0 Å². The zero-order chi connectivity index (χ0) is 20.9. The van der Waals surface area contributed by atoms with Crippen LogP contribution in [0.3, 0.4) is 0 Å².